The quantitative estimate of drug-likeness (QED) is 0.661. The van der Waals surface area contributed by atoms with E-state index in [4.69, 9.17) is 4.74 Å². The maximum absolute atomic E-state index is 12.4. The Morgan fingerprint density at radius 2 is 1.79 bits per heavy atom. The number of nitrogens with zero attached hydrogens (tertiary/aromatic N) is 4. The molecule has 2 aromatic heterocycles. The first-order valence-corrected chi connectivity index (χ1v) is 7.33. The molecule has 0 aliphatic heterocycles. The van der Waals surface area contributed by atoms with Crippen molar-refractivity contribution in [3.05, 3.63) is 52.5 Å². The SMILES string of the molecule is FC(F)(F)c1nc(-c2ccc(COc3ccc(Br)nn3)cc2)no1. The number of hydrogen-bond donors (Lipinski definition) is 0. The lowest BCUT2D eigenvalue weighted by atomic mass is 10.1. The molecule has 0 saturated heterocycles. The molecule has 0 amide bonds. The molecule has 0 radical (unpaired) electrons. The Morgan fingerprint density at radius 3 is 2.38 bits per heavy atom. The number of benzene rings is 1. The van der Waals surface area contributed by atoms with Crippen molar-refractivity contribution in [2.45, 2.75) is 12.8 Å². The average molecular weight is 401 g/mol. The molecule has 10 heteroatoms. The molecule has 24 heavy (non-hydrogen) atoms. The molecular weight excluding hydrogens is 393 g/mol. The van der Waals surface area contributed by atoms with Crippen LogP contribution in [0.25, 0.3) is 11.4 Å². The standard InChI is InChI=1S/C14H8BrF3N4O2/c15-10-5-6-11(21-20-10)23-7-8-1-3-9(4-2-8)12-19-13(24-22-12)14(16,17)18/h1-6H,7H2. The predicted molar refractivity (Wildman–Crippen MR) is 78.8 cm³/mol. The van der Waals surface area contributed by atoms with Gasteiger partial charge in [-0.15, -0.1) is 10.2 Å². The van der Waals surface area contributed by atoms with Crippen molar-refractivity contribution in [2.24, 2.45) is 0 Å². The summed E-state index contributed by atoms with van der Waals surface area (Å²) in [5.41, 5.74) is 1.20. The van der Waals surface area contributed by atoms with Crippen LogP contribution in [0.1, 0.15) is 11.5 Å². The minimum Gasteiger partial charge on any atom is -0.472 e. The fourth-order valence-electron chi connectivity index (χ4n) is 1.74. The lowest BCUT2D eigenvalue weighted by Gasteiger charge is -2.05. The Balaban J connectivity index is 1.67. The lowest BCUT2D eigenvalue weighted by Crippen LogP contribution is -2.04. The second-order valence-electron chi connectivity index (χ2n) is 4.60. The van der Waals surface area contributed by atoms with E-state index in [1.165, 1.54) is 0 Å². The highest BCUT2D eigenvalue weighted by molar-refractivity contribution is 9.10. The van der Waals surface area contributed by atoms with Gasteiger partial charge in [-0.1, -0.05) is 29.4 Å². The zero-order valence-electron chi connectivity index (χ0n) is 11.8. The number of aromatic nitrogens is 4. The average Bonchev–Trinajstić information content (AvgIpc) is 3.05. The molecule has 0 atom stereocenters. The van der Waals surface area contributed by atoms with Gasteiger partial charge in [-0.05, 0) is 27.6 Å². The van der Waals surface area contributed by atoms with E-state index < -0.39 is 12.1 Å². The highest BCUT2D eigenvalue weighted by Crippen LogP contribution is 2.29. The second-order valence-corrected chi connectivity index (χ2v) is 5.41. The van der Waals surface area contributed by atoms with Crippen LogP contribution in [-0.4, -0.2) is 20.3 Å². The molecule has 0 bridgehead atoms. The van der Waals surface area contributed by atoms with E-state index >= 15 is 0 Å². The molecule has 1 aromatic carbocycles. The first-order chi connectivity index (χ1) is 11.4. The maximum atomic E-state index is 12.4. The van der Waals surface area contributed by atoms with Crippen LogP contribution in [0.4, 0.5) is 13.2 Å². The van der Waals surface area contributed by atoms with Crippen LogP contribution in [0, 0.1) is 0 Å². The van der Waals surface area contributed by atoms with Gasteiger partial charge >= 0.3 is 12.1 Å². The monoisotopic (exact) mass is 400 g/mol. The van der Waals surface area contributed by atoms with Gasteiger partial charge < -0.3 is 9.26 Å². The van der Waals surface area contributed by atoms with Gasteiger partial charge in [-0.2, -0.15) is 18.2 Å². The van der Waals surface area contributed by atoms with Crippen molar-refractivity contribution in [3.63, 3.8) is 0 Å². The number of halogens is 4. The number of hydrogen-bond acceptors (Lipinski definition) is 6. The van der Waals surface area contributed by atoms with Crippen LogP contribution in [0.15, 0.2) is 45.5 Å². The maximum Gasteiger partial charge on any atom is 0.471 e. The van der Waals surface area contributed by atoms with Gasteiger partial charge in [0.2, 0.25) is 11.7 Å². The third kappa shape index (κ3) is 3.88. The smallest absolute Gasteiger partial charge is 0.471 e. The van der Waals surface area contributed by atoms with Crippen molar-refractivity contribution in [1.82, 2.24) is 20.3 Å². The van der Waals surface area contributed by atoms with E-state index in [0.717, 1.165) is 5.56 Å². The zero-order valence-corrected chi connectivity index (χ0v) is 13.4. The Kier molecular flexibility index (Phi) is 4.47. The summed E-state index contributed by atoms with van der Waals surface area (Å²) in [4.78, 5) is 3.33. The molecular formula is C14H8BrF3N4O2. The van der Waals surface area contributed by atoms with E-state index in [1.807, 2.05) is 0 Å². The zero-order chi connectivity index (χ0) is 17.2. The molecule has 2 heterocycles. The molecule has 3 aromatic rings. The Morgan fingerprint density at radius 1 is 1.04 bits per heavy atom. The lowest BCUT2D eigenvalue weighted by molar-refractivity contribution is -0.159. The van der Waals surface area contributed by atoms with E-state index in [-0.39, 0.29) is 12.4 Å². The van der Waals surface area contributed by atoms with Crippen molar-refractivity contribution in [2.75, 3.05) is 0 Å². The van der Waals surface area contributed by atoms with Gasteiger partial charge in [-0.25, -0.2) is 0 Å². The Labute approximate surface area is 141 Å². The molecule has 124 valence electrons. The molecule has 0 aliphatic rings. The Hall–Kier alpha value is -2.49. The summed E-state index contributed by atoms with van der Waals surface area (Å²) in [7, 11) is 0. The number of alkyl halides is 3. The fourth-order valence-corrected chi connectivity index (χ4v) is 1.96. The first kappa shape index (κ1) is 16.4. The molecule has 0 unspecified atom stereocenters. The van der Waals surface area contributed by atoms with E-state index in [1.54, 1.807) is 36.4 Å². The molecule has 6 nitrogen and oxygen atoms in total. The minimum absolute atomic E-state index is 0.131. The van der Waals surface area contributed by atoms with E-state index in [0.29, 0.717) is 16.0 Å². The second kappa shape index (κ2) is 6.56. The van der Waals surface area contributed by atoms with E-state index in [9.17, 15) is 13.2 Å². The highest BCUT2D eigenvalue weighted by Gasteiger charge is 2.38. The molecule has 0 saturated carbocycles. The van der Waals surface area contributed by atoms with Gasteiger partial charge in [-0.3, -0.25) is 0 Å². The number of ether oxygens (including phenoxy) is 1. The molecule has 0 N–H and O–H groups in total. The molecule has 3 rings (SSSR count). The van der Waals surface area contributed by atoms with Crippen LogP contribution < -0.4 is 4.74 Å². The van der Waals surface area contributed by atoms with Gasteiger partial charge in [0, 0.05) is 11.6 Å². The van der Waals surface area contributed by atoms with Crippen molar-refractivity contribution in [3.8, 4) is 17.3 Å². The summed E-state index contributed by atoms with van der Waals surface area (Å²) in [5.74, 6) is -1.15. The molecule has 0 aliphatic carbocycles. The highest BCUT2D eigenvalue weighted by atomic mass is 79.9. The molecule has 0 spiro atoms. The summed E-state index contributed by atoms with van der Waals surface area (Å²) in [6, 6.07) is 9.88. The summed E-state index contributed by atoms with van der Waals surface area (Å²) in [5, 5.41) is 10.9. The van der Waals surface area contributed by atoms with Crippen LogP contribution in [-0.2, 0) is 12.8 Å². The Bertz CT molecular complexity index is 819. The normalized spacial score (nSPS) is 11.5. The number of rotatable bonds is 4. The van der Waals surface area contributed by atoms with Gasteiger partial charge in [0.1, 0.15) is 11.2 Å². The van der Waals surface area contributed by atoms with Crippen molar-refractivity contribution < 1.29 is 22.4 Å². The topological polar surface area (TPSA) is 73.9 Å². The van der Waals surface area contributed by atoms with Crippen LogP contribution in [0.3, 0.4) is 0 Å². The summed E-state index contributed by atoms with van der Waals surface area (Å²) < 4.78 is 47.6. The summed E-state index contributed by atoms with van der Waals surface area (Å²) in [6.07, 6.45) is -4.66. The van der Waals surface area contributed by atoms with Crippen LogP contribution in [0.5, 0.6) is 5.88 Å². The largest absolute Gasteiger partial charge is 0.472 e. The van der Waals surface area contributed by atoms with Crippen molar-refractivity contribution >= 4 is 15.9 Å². The minimum atomic E-state index is -4.66. The molecule has 0 fully saturated rings. The van der Waals surface area contributed by atoms with Gasteiger partial charge in [0.05, 0.1) is 0 Å². The van der Waals surface area contributed by atoms with Crippen LogP contribution in [0.2, 0.25) is 0 Å². The predicted octanol–water partition coefficient (Wildman–Crippen LogP) is 3.89. The van der Waals surface area contributed by atoms with E-state index in [2.05, 4.69) is 40.8 Å². The third-order valence-corrected chi connectivity index (χ3v) is 3.30. The van der Waals surface area contributed by atoms with Gasteiger partial charge in [0.15, 0.2) is 0 Å². The summed E-state index contributed by atoms with van der Waals surface area (Å²) >= 11 is 3.17. The summed E-state index contributed by atoms with van der Waals surface area (Å²) in [6.45, 7) is 0.233. The third-order valence-electron chi connectivity index (χ3n) is 2.87. The van der Waals surface area contributed by atoms with Crippen molar-refractivity contribution in [1.29, 1.82) is 0 Å². The van der Waals surface area contributed by atoms with Crippen LogP contribution >= 0.6 is 15.9 Å². The van der Waals surface area contributed by atoms with Gasteiger partial charge in [0.25, 0.3) is 0 Å². The fraction of sp³-hybridized carbons (Fsp3) is 0.143. The first-order valence-electron chi connectivity index (χ1n) is 6.54.